The summed E-state index contributed by atoms with van der Waals surface area (Å²) in [6.45, 7) is 0.566. The van der Waals surface area contributed by atoms with E-state index in [-0.39, 0.29) is 5.84 Å². The van der Waals surface area contributed by atoms with Crippen LogP contribution in [0.25, 0.3) is 0 Å². The number of para-hydroxylation sites is 1. The van der Waals surface area contributed by atoms with Gasteiger partial charge in [-0.15, -0.1) is 11.3 Å². The third-order valence-electron chi connectivity index (χ3n) is 2.46. The van der Waals surface area contributed by atoms with Crippen molar-refractivity contribution >= 4 is 17.2 Å². The zero-order chi connectivity index (χ0) is 12.8. The summed E-state index contributed by atoms with van der Waals surface area (Å²) in [6.07, 6.45) is 0.849. The molecule has 0 bridgehead atoms. The Labute approximate surface area is 109 Å². The molecule has 0 amide bonds. The molecule has 0 aliphatic heterocycles. The monoisotopic (exact) mass is 262 g/mol. The molecule has 0 radical (unpaired) electrons. The summed E-state index contributed by atoms with van der Waals surface area (Å²) >= 11 is 1.70. The molecule has 94 valence electrons. The Morgan fingerprint density at radius 2 is 2.11 bits per heavy atom. The van der Waals surface area contributed by atoms with Gasteiger partial charge in [0.25, 0.3) is 0 Å². The number of amidine groups is 1. The fourth-order valence-corrected chi connectivity index (χ4v) is 2.26. The number of nitrogens with two attached hydrogens (primary N) is 1. The van der Waals surface area contributed by atoms with Crippen molar-refractivity contribution in [2.45, 2.75) is 6.42 Å². The highest BCUT2D eigenvalue weighted by atomic mass is 32.1. The van der Waals surface area contributed by atoms with Crippen molar-refractivity contribution < 1.29 is 9.94 Å². The van der Waals surface area contributed by atoms with Gasteiger partial charge in [-0.1, -0.05) is 23.4 Å². The maximum absolute atomic E-state index is 8.70. The Bertz CT molecular complexity index is 524. The van der Waals surface area contributed by atoms with E-state index < -0.39 is 0 Å². The quantitative estimate of drug-likeness (QED) is 0.376. The third kappa shape index (κ3) is 3.01. The van der Waals surface area contributed by atoms with Crippen molar-refractivity contribution in [1.82, 2.24) is 0 Å². The fraction of sp³-hybridized carbons (Fsp3) is 0.154. The average Bonchev–Trinajstić information content (AvgIpc) is 2.92. The summed E-state index contributed by atoms with van der Waals surface area (Å²) in [5.74, 6) is 0.686. The van der Waals surface area contributed by atoms with Crippen LogP contribution in [0.2, 0.25) is 0 Å². The maximum atomic E-state index is 8.70. The van der Waals surface area contributed by atoms with Crippen molar-refractivity contribution in [2.24, 2.45) is 10.9 Å². The first-order valence-corrected chi connectivity index (χ1v) is 6.41. The van der Waals surface area contributed by atoms with E-state index >= 15 is 0 Å². The highest BCUT2D eigenvalue weighted by molar-refractivity contribution is 7.09. The van der Waals surface area contributed by atoms with Crippen LogP contribution in [0.15, 0.2) is 46.9 Å². The highest BCUT2D eigenvalue weighted by Gasteiger charge is 2.07. The molecule has 0 saturated carbocycles. The third-order valence-corrected chi connectivity index (χ3v) is 3.39. The predicted molar refractivity (Wildman–Crippen MR) is 72.5 cm³/mol. The minimum Gasteiger partial charge on any atom is -0.492 e. The Kier molecular flexibility index (Phi) is 4.20. The van der Waals surface area contributed by atoms with Crippen LogP contribution in [0.1, 0.15) is 10.4 Å². The minimum atomic E-state index is 0.0572. The van der Waals surface area contributed by atoms with Gasteiger partial charge in [-0.25, -0.2) is 0 Å². The van der Waals surface area contributed by atoms with Gasteiger partial charge in [0.05, 0.1) is 12.2 Å². The van der Waals surface area contributed by atoms with E-state index in [0.717, 1.165) is 6.42 Å². The molecule has 5 heteroatoms. The Hall–Kier alpha value is -2.01. The summed E-state index contributed by atoms with van der Waals surface area (Å²) < 4.78 is 5.67. The number of thiophene rings is 1. The van der Waals surface area contributed by atoms with Crippen molar-refractivity contribution in [3.05, 3.63) is 52.2 Å². The second kappa shape index (κ2) is 6.07. The van der Waals surface area contributed by atoms with Crippen LogP contribution in [0.3, 0.4) is 0 Å². The van der Waals surface area contributed by atoms with Gasteiger partial charge in [0.1, 0.15) is 5.75 Å². The first-order valence-electron chi connectivity index (χ1n) is 5.53. The van der Waals surface area contributed by atoms with Gasteiger partial charge < -0.3 is 15.7 Å². The number of hydrogen-bond acceptors (Lipinski definition) is 4. The average molecular weight is 262 g/mol. The smallest absolute Gasteiger partial charge is 0.173 e. The molecule has 1 heterocycles. The zero-order valence-corrected chi connectivity index (χ0v) is 10.6. The number of oxime groups is 1. The molecule has 0 saturated heterocycles. The SMILES string of the molecule is N/C(=N/O)c1ccccc1OCCc1cccs1. The van der Waals surface area contributed by atoms with Crippen LogP contribution in [0, 0.1) is 0 Å². The van der Waals surface area contributed by atoms with Crippen LogP contribution in [0.4, 0.5) is 0 Å². The molecule has 0 atom stereocenters. The molecule has 0 spiro atoms. The minimum absolute atomic E-state index is 0.0572. The van der Waals surface area contributed by atoms with E-state index in [9.17, 15) is 0 Å². The predicted octanol–water partition coefficient (Wildman–Crippen LogP) is 2.46. The molecule has 0 aliphatic carbocycles. The number of benzene rings is 1. The van der Waals surface area contributed by atoms with Crippen molar-refractivity contribution in [1.29, 1.82) is 0 Å². The number of nitrogens with zero attached hydrogens (tertiary/aromatic N) is 1. The van der Waals surface area contributed by atoms with E-state index in [0.29, 0.717) is 17.9 Å². The molecule has 3 N–H and O–H groups in total. The molecular weight excluding hydrogens is 248 g/mol. The van der Waals surface area contributed by atoms with Gasteiger partial charge >= 0.3 is 0 Å². The van der Waals surface area contributed by atoms with Crippen molar-refractivity contribution in [3.63, 3.8) is 0 Å². The van der Waals surface area contributed by atoms with Gasteiger partial charge in [0.15, 0.2) is 5.84 Å². The second-order valence-electron chi connectivity index (χ2n) is 3.66. The molecule has 1 aromatic heterocycles. The molecule has 2 aromatic rings. The van der Waals surface area contributed by atoms with Crippen molar-refractivity contribution in [2.75, 3.05) is 6.61 Å². The molecule has 0 fully saturated rings. The van der Waals surface area contributed by atoms with Gasteiger partial charge in [0.2, 0.25) is 0 Å². The molecule has 0 unspecified atom stereocenters. The first kappa shape index (κ1) is 12.4. The molecule has 4 nitrogen and oxygen atoms in total. The van der Waals surface area contributed by atoms with Gasteiger partial charge in [-0.2, -0.15) is 0 Å². The first-order chi connectivity index (χ1) is 8.81. The lowest BCUT2D eigenvalue weighted by molar-refractivity contribution is 0.314. The summed E-state index contributed by atoms with van der Waals surface area (Å²) in [5, 5.41) is 13.7. The van der Waals surface area contributed by atoms with Crippen LogP contribution in [-0.2, 0) is 6.42 Å². The van der Waals surface area contributed by atoms with Crippen LogP contribution >= 0.6 is 11.3 Å². The van der Waals surface area contributed by atoms with Gasteiger partial charge in [-0.3, -0.25) is 0 Å². The lowest BCUT2D eigenvalue weighted by Crippen LogP contribution is -2.15. The summed E-state index contributed by atoms with van der Waals surface area (Å²) in [6, 6.07) is 11.3. The standard InChI is InChI=1S/C13H14N2O2S/c14-13(15-16)11-5-1-2-6-12(11)17-8-7-10-4-3-9-18-10/h1-6,9,16H,7-8H2,(H2,14,15). The van der Waals surface area contributed by atoms with E-state index in [1.807, 2.05) is 29.6 Å². The van der Waals surface area contributed by atoms with Gasteiger partial charge in [-0.05, 0) is 23.6 Å². The summed E-state index contributed by atoms with van der Waals surface area (Å²) in [5.41, 5.74) is 6.19. The molecule has 1 aromatic carbocycles. The maximum Gasteiger partial charge on any atom is 0.173 e. The second-order valence-corrected chi connectivity index (χ2v) is 4.69. The summed E-state index contributed by atoms with van der Waals surface area (Å²) in [7, 11) is 0. The van der Waals surface area contributed by atoms with Crippen LogP contribution in [-0.4, -0.2) is 17.6 Å². The fourth-order valence-electron chi connectivity index (χ4n) is 1.57. The molecular formula is C13H14N2O2S. The largest absolute Gasteiger partial charge is 0.492 e. The van der Waals surface area contributed by atoms with Crippen LogP contribution in [0.5, 0.6) is 5.75 Å². The topological polar surface area (TPSA) is 67.8 Å². The number of rotatable bonds is 5. The Morgan fingerprint density at radius 1 is 1.28 bits per heavy atom. The van der Waals surface area contributed by atoms with E-state index in [1.54, 1.807) is 17.4 Å². The molecule has 2 rings (SSSR count). The van der Waals surface area contributed by atoms with Crippen LogP contribution < -0.4 is 10.5 Å². The normalized spacial score (nSPS) is 11.4. The molecule has 0 aliphatic rings. The van der Waals surface area contributed by atoms with E-state index in [2.05, 4.69) is 11.2 Å². The molecule has 18 heavy (non-hydrogen) atoms. The number of ether oxygens (including phenoxy) is 1. The lowest BCUT2D eigenvalue weighted by atomic mass is 10.2. The summed E-state index contributed by atoms with van der Waals surface area (Å²) in [4.78, 5) is 1.27. The number of hydrogen-bond donors (Lipinski definition) is 2. The van der Waals surface area contributed by atoms with Crippen molar-refractivity contribution in [3.8, 4) is 5.75 Å². The Morgan fingerprint density at radius 3 is 2.83 bits per heavy atom. The van der Waals surface area contributed by atoms with E-state index in [4.69, 9.17) is 15.7 Å². The zero-order valence-electron chi connectivity index (χ0n) is 9.74. The Balaban J connectivity index is 2.01. The lowest BCUT2D eigenvalue weighted by Gasteiger charge is -2.09. The van der Waals surface area contributed by atoms with E-state index in [1.165, 1.54) is 4.88 Å². The highest BCUT2D eigenvalue weighted by Crippen LogP contribution is 2.18. The van der Waals surface area contributed by atoms with Gasteiger partial charge in [0, 0.05) is 11.3 Å².